The Hall–Kier alpha value is -1.09. The largest absolute Gasteiger partial charge is 0.347 e. The van der Waals surface area contributed by atoms with Crippen molar-refractivity contribution in [3.63, 3.8) is 0 Å². The molecule has 3 heteroatoms. The molecule has 0 rings (SSSR count). The van der Waals surface area contributed by atoms with E-state index in [1.165, 1.54) is 0 Å². The fourth-order valence-corrected chi connectivity index (χ4v) is 0.724. The Morgan fingerprint density at radius 3 is 2.67 bits per heavy atom. The second kappa shape index (κ2) is 6.61. The van der Waals surface area contributed by atoms with Crippen molar-refractivity contribution in [3.05, 3.63) is 23.4 Å². The van der Waals surface area contributed by atoms with E-state index >= 15 is 0 Å². The van der Waals surface area contributed by atoms with Crippen LogP contribution in [-0.2, 0) is 0 Å². The monoisotopic (exact) mass is 167 g/mol. The van der Waals surface area contributed by atoms with Crippen LogP contribution in [0.2, 0.25) is 0 Å². The molecule has 0 aromatic carbocycles. The molecule has 0 aliphatic rings. The summed E-state index contributed by atoms with van der Waals surface area (Å²) in [6.07, 6.45) is 5.59. The van der Waals surface area contributed by atoms with Crippen LogP contribution in [0.5, 0.6) is 0 Å². The predicted octanol–water partition coefficient (Wildman–Crippen LogP) is 1.04. The second-order valence-electron chi connectivity index (χ2n) is 2.43. The minimum atomic E-state index is 0.560. The van der Waals surface area contributed by atoms with Crippen LogP contribution in [0.1, 0.15) is 13.8 Å². The molecule has 0 amide bonds. The molecule has 12 heavy (non-hydrogen) atoms. The van der Waals surface area contributed by atoms with E-state index in [1.54, 1.807) is 13.4 Å². The summed E-state index contributed by atoms with van der Waals surface area (Å²) in [5, 5.41) is 3.04. The van der Waals surface area contributed by atoms with Gasteiger partial charge in [-0.1, -0.05) is 6.08 Å². The third-order valence-corrected chi connectivity index (χ3v) is 1.45. The van der Waals surface area contributed by atoms with Crippen LogP contribution in [0.15, 0.2) is 28.4 Å². The first-order valence-electron chi connectivity index (χ1n) is 3.96. The van der Waals surface area contributed by atoms with Crippen molar-refractivity contribution in [2.75, 3.05) is 13.6 Å². The van der Waals surface area contributed by atoms with Gasteiger partial charge in [-0.25, -0.2) is 0 Å². The minimum absolute atomic E-state index is 0.560. The van der Waals surface area contributed by atoms with Crippen molar-refractivity contribution in [3.8, 4) is 0 Å². The fourth-order valence-electron chi connectivity index (χ4n) is 0.724. The lowest BCUT2D eigenvalue weighted by atomic mass is 10.2. The third-order valence-electron chi connectivity index (χ3n) is 1.45. The summed E-state index contributed by atoms with van der Waals surface area (Å²) >= 11 is 0. The molecule has 0 unspecified atom stereocenters. The first-order valence-corrected chi connectivity index (χ1v) is 3.96. The third kappa shape index (κ3) is 3.93. The van der Waals surface area contributed by atoms with Gasteiger partial charge in [-0.3, -0.25) is 4.99 Å². The maximum atomic E-state index is 5.50. The van der Waals surface area contributed by atoms with Gasteiger partial charge in [0.15, 0.2) is 0 Å². The highest BCUT2D eigenvalue weighted by Crippen LogP contribution is 1.99. The number of nitrogens with zero attached hydrogens (tertiary/aromatic N) is 1. The Labute approximate surface area is 74.1 Å². The fraction of sp³-hybridized carbons (Fsp3) is 0.444. The van der Waals surface area contributed by atoms with Crippen molar-refractivity contribution in [1.82, 2.24) is 5.32 Å². The number of rotatable bonds is 4. The van der Waals surface area contributed by atoms with Gasteiger partial charge in [-0.15, -0.1) is 0 Å². The van der Waals surface area contributed by atoms with E-state index in [0.29, 0.717) is 6.54 Å². The number of aliphatic imine (C=N–C) groups is 1. The van der Waals surface area contributed by atoms with E-state index in [-0.39, 0.29) is 0 Å². The molecule has 68 valence electrons. The molecule has 0 saturated heterocycles. The topological polar surface area (TPSA) is 50.4 Å². The van der Waals surface area contributed by atoms with E-state index in [1.807, 2.05) is 26.0 Å². The summed E-state index contributed by atoms with van der Waals surface area (Å²) in [4.78, 5) is 3.83. The zero-order chi connectivity index (χ0) is 9.40. The Morgan fingerprint density at radius 1 is 1.58 bits per heavy atom. The summed E-state index contributed by atoms with van der Waals surface area (Å²) in [6, 6.07) is 0. The maximum absolute atomic E-state index is 5.50. The molecule has 0 aliphatic heterocycles. The lowest BCUT2D eigenvalue weighted by Gasteiger charge is -2.05. The van der Waals surface area contributed by atoms with E-state index in [9.17, 15) is 0 Å². The molecule has 0 heterocycles. The predicted molar refractivity (Wildman–Crippen MR) is 54.1 cm³/mol. The van der Waals surface area contributed by atoms with Crippen molar-refractivity contribution in [2.45, 2.75) is 13.8 Å². The van der Waals surface area contributed by atoms with Crippen LogP contribution in [0.4, 0.5) is 0 Å². The van der Waals surface area contributed by atoms with E-state index in [2.05, 4.69) is 10.3 Å². The van der Waals surface area contributed by atoms with Crippen LogP contribution < -0.4 is 11.1 Å². The van der Waals surface area contributed by atoms with Gasteiger partial charge in [0.2, 0.25) is 0 Å². The standard InChI is InChI=1S/C9H17N3/c1-4-5-9(8(2)6-10)12-7-11-3/h4-5,7H,6,10H2,1-3H3,(H,11,12)/b5-4-,9-8-. The lowest BCUT2D eigenvalue weighted by molar-refractivity contribution is 1.05. The van der Waals surface area contributed by atoms with Gasteiger partial charge >= 0.3 is 0 Å². The summed E-state index contributed by atoms with van der Waals surface area (Å²) in [5.74, 6) is 0. The average Bonchev–Trinajstić information content (AvgIpc) is 2.11. The second-order valence-corrected chi connectivity index (χ2v) is 2.43. The van der Waals surface area contributed by atoms with E-state index in [4.69, 9.17) is 5.73 Å². The molecule has 0 radical (unpaired) electrons. The molecule has 0 bridgehead atoms. The molecule has 0 fully saturated rings. The summed E-state index contributed by atoms with van der Waals surface area (Å²) in [6.45, 7) is 4.52. The van der Waals surface area contributed by atoms with Gasteiger partial charge in [0.25, 0.3) is 0 Å². The molecule has 0 aliphatic carbocycles. The van der Waals surface area contributed by atoms with Crippen LogP contribution in [-0.4, -0.2) is 19.9 Å². The molecule has 0 aromatic rings. The van der Waals surface area contributed by atoms with Crippen molar-refractivity contribution in [2.24, 2.45) is 10.7 Å². The zero-order valence-corrected chi connectivity index (χ0v) is 7.96. The lowest BCUT2D eigenvalue weighted by Crippen LogP contribution is -2.14. The first-order chi connectivity index (χ1) is 5.76. The molecular formula is C9H17N3. The Bertz CT molecular complexity index is 202. The Morgan fingerprint density at radius 2 is 2.25 bits per heavy atom. The van der Waals surface area contributed by atoms with Gasteiger partial charge < -0.3 is 11.1 Å². The zero-order valence-electron chi connectivity index (χ0n) is 7.96. The summed E-state index contributed by atoms with van der Waals surface area (Å²) < 4.78 is 0. The number of hydrogen-bond acceptors (Lipinski definition) is 2. The highest BCUT2D eigenvalue weighted by atomic mass is 14.9. The molecular weight excluding hydrogens is 150 g/mol. The SMILES string of the molecule is C/C=C\C(NC=NC)=C(/C)CN. The highest BCUT2D eigenvalue weighted by Gasteiger charge is 1.93. The van der Waals surface area contributed by atoms with Crippen LogP contribution in [0.25, 0.3) is 0 Å². The highest BCUT2D eigenvalue weighted by molar-refractivity contribution is 5.58. The van der Waals surface area contributed by atoms with Crippen molar-refractivity contribution >= 4 is 6.34 Å². The molecule has 3 N–H and O–H groups in total. The molecule has 0 spiro atoms. The van der Waals surface area contributed by atoms with Gasteiger partial charge in [-0.2, -0.15) is 0 Å². The smallest absolute Gasteiger partial charge is 0.0864 e. The summed E-state index contributed by atoms with van der Waals surface area (Å²) in [7, 11) is 1.72. The van der Waals surface area contributed by atoms with Gasteiger partial charge in [0.05, 0.1) is 6.34 Å². The quantitative estimate of drug-likeness (QED) is 0.373. The van der Waals surface area contributed by atoms with Crippen LogP contribution >= 0.6 is 0 Å². The van der Waals surface area contributed by atoms with Gasteiger partial charge in [0, 0.05) is 19.3 Å². The maximum Gasteiger partial charge on any atom is 0.0864 e. The molecule has 0 aromatic heterocycles. The van der Waals surface area contributed by atoms with E-state index < -0.39 is 0 Å². The van der Waals surface area contributed by atoms with Gasteiger partial charge in [-0.05, 0) is 25.5 Å². The number of hydrogen-bond donors (Lipinski definition) is 2. The van der Waals surface area contributed by atoms with Crippen molar-refractivity contribution in [1.29, 1.82) is 0 Å². The normalized spacial score (nSPS) is 14.0. The number of nitrogens with one attached hydrogen (secondary N) is 1. The Balaban J connectivity index is 4.42. The minimum Gasteiger partial charge on any atom is -0.347 e. The van der Waals surface area contributed by atoms with Crippen LogP contribution in [0, 0.1) is 0 Å². The molecule has 0 saturated carbocycles. The first kappa shape index (κ1) is 10.9. The average molecular weight is 167 g/mol. The molecule has 3 nitrogen and oxygen atoms in total. The van der Waals surface area contributed by atoms with Crippen molar-refractivity contribution < 1.29 is 0 Å². The van der Waals surface area contributed by atoms with E-state index in [0.717, 1.165) is 11.3 Å². The number of allylic oxidation sites excluding steroid dienone is 2. The van der Waals surface area contributed by atoms with Gasteiger partial charge in [0.1, 0.15) is 0 Å². The molecule has 0 atom stereocenters. The Kier molecular flexibility index (Phi) is 6.01. The summed E-state index contributed by atoms with van der Waals surface area (Å²) in [5.41, 5.74) is 7.64. The van der Waals surface area contributed by atoms with Crippen LogP contribution in [0.3, 0.4) is 0 Å². The number of nitrogens with two attached hydrogens (primary N) is 1.